The molecule has 2 aromatic rings. The van der Waals surface area contributed by atoms with Crippen molar-refractivity contribution in [3.05, 3.63) is 58.1 Å². The van der Waals surface area contributed by atoms with Crippen LogP contribution in [0.25, 0.3) is 0 Å². The zero-order valence-corrected chi connectivity index (χ0v) is 16.6. The van der Waals surface area contributed by atoms with Gasteiger partial charge in [0.15, 0.2) is 6.10 Å². The first-order valence-electron chi connectivity index (χ1n) is 8.25. The molecule has 2 N–H and O–H groups in total. The number of rotatable bonds is 6. The fourth-order valence-electron chi connectivity index (χ4n) is 2.11. The Kier molecular flexibility index (Phi) is 7.33. The van der Waals surface area contributed by atoms with Crippen LogP contribution in [-0.4, -0.2) is 24.0 Å². The average Bonchev–Trinajstić information content (AvgIpc) is 2.61. The van der Waals surface area contributed by atoms with Gasteiger partial charge in [-0.15, -0.1) is 0 Å². The van der Waals surface area contributed by atoms with Crippen LogP contribution in [0.3, 0.4) is 0 Å². The number of carbonyl (C=O) groups excluding carboxylic acids is 2. The third-order valence-electron chi connectivity index (χ3n) is 3.36. The molecule has 0 aromatic heterocycles. The van der Waals surface area contributed by atoms with E-state index >= 15 is 0 Å². The van der Waals surface area contributed by atoms with Gasteiger partial charge in [0.1, 0.15) is 11.5 Å². The molecule has 1 atom stereocenters. The second-order valence-corrected chi connectivity index (χ2v) is 6.78. The molecule has 8 heteroatoms. The molecule has 1 unspecified atom stereocenters. The first-order valence-corrected chi connectivity index (χ1v) is 9.01. The van der Waals surface area contributed by atoms with Crippen LogP contribution in [0.2, 0.25) is 10.0 Å². The number of ether oxygens (including phenoxy) is 2. The Bertz CT molecular complexity index is 827. The highest BCUT2D eigenvalue weighted by atomic mass is 35.5. The average molecular weight is 411 g/mol. The smallest absolute Gasteiger partial charge is 0.279 e. The molecule has 6 nitrogen and oxygen atoms in total. The van der Waals surface area contributed by atoms with Crippen molar-refractivity contribution in [3.8, 4) is 11.5 Å². The molecule has 2 amide bonds. The van der Waals surface area contributed by atoms with Crippen LogP contribution in [0.4, 0.5) is 0 Å². The fraction of sp³-hybridized carbons (Fsp3) is 0.263. The van der Waals surface area contributed by atoms with Gasteiger partial charge in [0.2, 0.25) is 0 Å². The number of hydrazine groups is 1. The van der Waals surface area contributed by atoms with E-state index in [9.17, 15) is 9.59 Å². The number of carbonyl (C=O) groups is 2. The van der Waals surface area contributed by atoms with E-state index in [1.807, 2.05) is 13.8 Å². The second kappa shape index (κ2) is 9.48. The summed E-state index contributed by atoms with van der Waals surface area (Å²) in [6, 6.07) is 11.4. The number of benzene rings is 2. The molecule has 2 aromatic carbocycles. The maximum absolute atomic E-state index is 12.3. The van der Waals surface area contributed by atoms with E-state index in [2.05, 4.69) is 10.9 Å². The van der Waals surface area contributed by atoms with Crippen LogP contribution in [0.15, 0.2) is 42.5 Å². The van der Waals surface area contributed by atoms with Gasteiger partial charge in [-0.2, -0.15) is 0 Å². The predicted molar refractivity (Wildman–Crippen MR) is 104 cm³/mol. The van der Waals surface area contributed by atoms with Gasteiger partial charge in [-0.1, -0.05) is 35.3 Å². The quantitative estimate of drug-likeness (QED) is 0.705. The van der Waals surface area contributed by atoms with Crippen molar-refractivity contribution in [2.24, 2.45) is 0 Å². The highest BCUT2D eigenvalue weighted by molar-refractivity contribution is 6.35. The third kappa shape index (κ3) is 6.05. The monoisotopic (exact) mass is 410 g/mol. The summed E-state index contributed by atoms with van der Waals surface area (Å²) in [5.41, 5.74) is 4.98. The molecule has 144 valence electrons. The van der Waals surface area contributed by atoms with Crippen LogP contribution in [0.1, 0.15) is 31.1 Å². The summed E-state index contributed by atoms with van der Waals surface area (Å²) < 4.78 is 11.1. The molecule has 0 saturated heterocycles. The minimum atomic E-state index is -0.897. The Hall–Kier alpha value is -2.44. The minimum absolute atomic E-state index is 0.0916. The highest BCUT2D eigenvalue weighted by Crippen LogP contribution is 2.28. The summed E-state index contributed by atoms with van der Waals surface area (Å²) >= 11 is 11.8. The second-order valence-electron chi connectivity index (χ2n) is 5.94. The Morgan fingerprint density at radius 3 is 2.30 bits per heavy atom. The number of amides is 2. The van der Waals surface area contributed by atoms with Crippen LogP contribution in [-0.2, 0) is 4.79 Å². The van der Waals surface area contributed by atoms with E-state index in [-0.39, 0.29) is 11.1 Å². The van der Waals surface area contributed by atoms with E-state index in [1.165, 1.54) is 13.0 Å². The molecule has 0 aliphatic carbocycles. The molecule has 0 aliphatic rings. The van der Waals surface area contributed by atoms with Crippen molar-refractivity contribution >= 4 is 35.0 Å². The van der Waals surface area contributed by atoms with Crippen molar-refractivity contribution in [1.82, 2.24) is 10.9 Å². The highest BCUT2D eigenvalue weighted by Gasteiger charge is 2.19. The Morgan fingerprint density at radius 2 is 1.63 bits per heavy atom. The van der Waals surface area contributed by atoms with E-state index < -0.39 is 17.9 Å². The lowest BCUT2D eigenvalue weighted by Gasteiger charge is -2.17. The third-order valence-corrected chi connectivity index (χ3v) is 3.89. The first kappa shape index (κ1) is 20.9. The Labute approximate surface area is 167 Å². The SMILES string of the molecule is CC(C)Oc1ccccc1C(=O)NNC(=O)C(C)Oc1ccc(Cl)cc1Cl. The summed E-state index contributed by atoms with van der Waals surface area (Å²) in [4.78, 5) is 24.5. The van der Waals surface area contributed by atoms with Gasteiger partial charge >= 0.3 is 0 Å². The van der Waals surface area contributed by atoms with Crippen molar-refractivity contribution in [2.45, 2.75) is 33.0 Å². The lowest BCUT2D eigenvalue weighted by molar-refractivity contribution is -0.128. The van der Waals surface area contributed by atoms with Gasteiger partial charge in [0.05, 0.1) is 16.7 Å². The molecule has 0 aliphatic heterocycles. The van der Waals surface area contributed by atoms with E-state index in [0.717, 1.165) is 0 Å². The van der Waals surface area contributed by atoms with Crippen LogP contribution in [0, 0.1) is 0 Å². The van der Waals surface area contributed by atoms with Gasteiger partial charge in [-0.05, 0) is 51.1 Å². The van der Waals surface area contributed by atoms with Crippen LogP contribution >= 0.6 is 23.2 Å². The zero-order chi connectivity index (χ0) is 20.0. The van der Waals surface area contributed by atoms with Gasteiger partial charge in [0.25, 0.3) is 11.8 Å². The topological polar surface area (TPSA) is 76.7 Å². The Balaban J connectivity index is 1.95. The van der Waals surface area contributed by atoms with Crippen molar-refractivity contribution in [3.63, 3.8) is 0 Å². The van der Waals surface area contributed by atoms with E-state index in [4.69, 9.17) is 32.7 Å². The number of hydrogen-bond acceptors (Lipinski definition) is 4. The van der Waals surface area contributed by atoms with Gasteiger partial charge < -0.3 is 9.47 Å². The predicted octanol–water partition coefficient (Wildman–Crippen LogP) is 4.01. The standard InChI is InChI=1S/C19H20Cl2N2O4/c1-11(2)26-16-7-5-4-6-14(16)19(25)23-22-18(24)12(3)27-17-9-8-13(20)10-15(17)21/h4-12H,1-3H3,(H,22,24)(H,23,25). The number of hydrogen-bond donors (Lipinski definition) is 2. The largest absolute Gasteiger partial charge is 0.490 e. The summed E-state index contributed by atoms with van der Waals surface area (Å²) in [5.74, 6) is -0.310. The first-order chi connectivity index (χ1) is 12.8. The van der Waals surface area contributed by atoms with Crippen molar-refractivity contribution in [1.29, 1.82) is 0 Å². The summed E-state index contributed by atoms with van der Waals surface area (Å²) in [6.07, 6.45) is -0.989. The minimum Gasteiger partial charge on any atom is -0.490 e. The molecule has 0 spiro atoms. The summed E-state index contributed by atoms with van der Waals surface area (Å²) in [5, 5.41) is 0.741. The molecule has 0 heterocycles. The fourth-order valence-corrected chi connectivity index (χ4v) is 2.57. The molecular weight excluding hydrogens is 391 g/mol. The van der Waals surface area contributed by atoms with Crippen LogP contribution in [0.5, 0.6) is 11.5 Å². The normalized spacial score (nSPS) is 11.6. The lowest BCUT2D eigenvalue weighted by atomic mass is 10.2. The summed E-state index contributed by atoms with van der Waals surface area (Å²) in [7, 11) is 0. The molecular formula is C19H20Cl2N2O4. The molecule has 27 heavy (non-hydrogen) atoms. The Morgan fingerprint density at radius 1 is 0.926 bits per heavy atom. The molecule has 0 bridgehead atoms. The van der Waals surface area contributed by atoms with E-state index in [1.54, 1.807) is 36.4 Å². The summed E-state index contributed by atoms with van der Waals surface area (Å²) in [6.45, 7) is 5.25. The molecule has 2 rings (SSSR count). The van der Waals surface area contributed by atoms with Crippen LogP contribution < -0.4 is 20.3 Å². The maximum Gasteiger partial charge on any atom is 0.279 e. The van der Waals surface area contributed by atoms with Gasteiger partial charge in [-0.25, -0.2) is 0 Å². The number of nitrogens with one attached hydrogen (secondary N) is 2. The van der Waals surface area contributed by atoms with Crippen molar-refractivity contribution in [2.75, 3.05) is 0 Å². The maximum atomic E-state index is 12.3. The van der Waals surface area contributed by atoms with Crippen molar-refractivity contribution < 1.29 is 19.1 Å². The lowest BCUT2D eigenvalue weighted by Crippen LogP contribution is -2.47. The van der Waals surface area contributed by atoms with Gasteiger partial charge in [-0.3, -0.25) is 20.4 Å². The van der Waals surface area contributed by atoms with E-state index in [0.29, 0.717) is 22.1 Å². The molecule has 0 saturated carbocycles. The zero-order valence-electron chi connectivity index (χ0n) is 15.1. The number of halogens is 2. The molecule has 0 radical (unpaired) electrons. The van der Waals surface area contributed by atoms with Gasteiger partial charge in [0, 0.05) is 5.02 Å². The number of para-hydroxylation sites is 1. The molecule has 0 fully saturated rings.